The van der Waals surface area contributed by atoms with Crippen LogP contribution >= 0.6 is 0 Å². The van der Waals surface area contributed by atoms with Gasteiger partial charge in [0.05, 0.1) is 23.6 Å². The molecule has 2 aromatic rings. The van der Waals surface area contributed by atoms with Crippen LogP contribution in [0, 0.1) is 0 Å². The van der Waals surface area contributed by atoms with Crippen LogP contribution in [0.25, 0.3) is 10.9 Å². The highest BCUT2D eigenvalue weighted by atomic mass is 32.2. The van der Waals surface area contributed by atoms with Crippen LogP contribution in [0.2, 0.25) is 0 Å². The first-order valence-corrected chi connectivity index (χ1v) is 9.85. The summed E-state index contributed by atoms with van der Waals surface area (Å²) in [6.45, 7) is 6.24. The fourth-order valence-corrected chi connectivity index (χ4v) is 3.45. The molecule has 0 radical (unpaired) electrons. The van der Waals surface area contributed by atoms with Crippen LogP contribution in [0.15, 0.2) is 29.4 Å². The van der Waals surface area contributed by atoms with E-state index in [2.05, 4.69) is 27.1 Å². The van der Waals surface area contributed by atoms with E-state index in [-0.39, 0.29) is 4.90 Å². The number of sulfone groups is 1. The molecule has 1 fully saturated rings. The number of rotatable bonds is 5. The van der Waals surface area contributed by atoms with E-state index in [4.69, 9.17) is 4.74 Å². The maximum atomic E-state index is 11.8. The number of morpholine rings is 1. The molecule has 2 heterocycles. The Labute approximate surface area is 142 Å². The van der Waals surface area contributed by atoms with Crippen LogP contribution in [0.3, 0.4) is 0 Å². The molecule has 1 aliphatic rings. The molecule has 1 aliphatic heterocycles. The molecule has 1 unspecified atom stereocenters. The lowest BCUT2D eigenvalue weighted by atomic mass is 10.2. The van der Waals surface area contributed by atoms with E-state index >= 15 is 0 Å². The van der Waals surface area contributed by atoms with Gasteiger partial charge in [-0.3, -0.25) is 4.90 Å². The predicted octanol–water partition coefficient (Wildman–Crippen LogP) is 1.17. The summed E-state index contributed by atoms with van der Waals surface area (Å²) in [5.41, 5.74) is 0.721. The molecule has 7 nitrogen and oxygen atoms in total. The van der Waals surface area contributed by atoms with Crippen molar-refractivity contribution >= 4 is 26.6 Å². The van der Waals surface area contributed by atoms with Gasteiger partial charge in [-0.15, -0.1) is 0 Å². The standard InChI is InChI=1S/C16H22N4O3S/c1-12(20-5-7-23-8-6-20)10-17-16-14-9-13(24(2,21)22)3-4-15(14)18-11-19-16/h3-4,9,11-12H,5-8,10H2,1-2H3,(H,17,18,19). The minimum absolute atomic E-state index is 0.272. The van der Waals surface area contributed by atoms with Gasteiger partial charge in [0.15, 0.2) is 9.84 Å². The first-order chi connectivity index (χ1) is 11.4. The van der Waals surface area contributed by atoms with E-state index in [0.29, 0.717) is 11.9 Å². The Balaban J connectivity index is 1.80. The molecule has 0 bridgehead atoms. The summed E-state index contributed by atoms with van der Waals surface area (Å²) in [6.07, 6.45) is 2.69. The second kappa shape index (κ2) is 7.00. The van der Waals surface area contributed by atoms with E-state index in [9.17, 15) is 8.42 Å². The molecule has 1 aromatic heterocycles. The molecule has 0 saturated carbocycles. The molecule has 0 amide bonds. The number of aromatic nitrogens is 2. The maximum absolute atomic E-state index is 11.8. The van der Waals surface area contributed by atoms with Crippen LogP contribution in [0.4, 0.5) is 5.82 Å². The summed E-state index contributed by atoms with van der Waals surface area (Å²) in [6, 6.07) is 5.25. The SMILES string of the molecule is CC(CNc1ncnc2ccc(S(C)(=O)=O)cc12)N1CCOCC1. The number of anilines is 1. The third kappa shape index (κ3) is 3.82. The molecule has 24 heavy (non-hydrogen) atoms. The number of benzene rings is 1. The molecular weight excluding hydrogens is 328 g/mol. The zero-order valence-corrected chi connectivity index (χ0v) is 14.7. The summed E-state index contributed by atoms with van der Waals surface area (Å²) < 4.78 is 28.9. The molecule has 1 N–H and O–H groups in total. The van der Waals surface area contributed by atoms with E-state index < -0.39 is 9.84 Å². The van der Waals surface area contributed by atoms with Crippen LogP contribution in [0.5, 0.6) is 0 Å². The van der Waals surface area contributed by atoms with Gasteiger partial charge < -0.3 is 10.1 Å². The van der Waals surface area contributed by atoms with E-state index in [1.165, 1.54) is 12.6 Å². The van der Waals surface area contributed by atoms with Crippen molar-refractivity contribution < 1.29 is 13.2 Å². The van der Waals surface area contributed by atoms with Crippen molar-refractivity contribution in [1.29, 1.82) is 0 Å². The maximum Gasteiger partial charge on any atom is 0.175 e. The van der Waals surface area contributed by atoms with Gasteiger partial charge in [0, 0.05) is 37.3 Å². The summed E-state index contributed by atoms with van der Waals surface area (Å²) in [5, 5.41) is 4.05. The Kier molecular flexibility index (Phi) is 4.98. The second-order valence-electron chi connectivity index (χ2n) is 6.05. The quantitative estimate of drug-likeness (QED) is 0.866. The van der Waals surface area contributed by atoms with E-state index in [1.54, 1.807) is 18.2 Å². The Bertz CT molecular complexity index is 819. The smallest absolute Gasteiger partial charge is 0.175 e. The zero-order chi connectivity index (χ0) is 17.2. The first-order valence-electron chi connectivity index (χ1n) is 7.95. The van der Waals surface area contributed by atoms with Crippen LogP contribution in [-0.2, 0) is 14.6 Å². The highest BCUT2D eigenvalue weighted by molar-refractivity contribution is 7.90. The van der Waals surface area contributed by atoms with Crippen molar-refractivity contribution in [2.45, 2.75) is 17.9 Å². The van der Waals surface area contributed by atoms with Crippen molar-refractivity contribution in [3.8, 4) is 0 Å². The van der Waals surface area contributed by atoms with E-state index in [0.717, 1.165) is 43.8 Å². The van der Waals surface area contributed by atoms with Crippen molar-refractivity contribution in [2.75, 3.05) is 44.4 Å². The lowest BCUT2D eigenvalue weighted by molar-refractivity contribution is 0.0227. The highest BCUT2D eigenvalue weighted by Gasteiger charge is 2.17. The van der Waals surface area contributed by atoms with Gasteiger partial charge in [-0.1, -0.05) is 0 Å². The second-order valence-corrected chi connectivity index (χ2v) is 8.07. The van der Waals surface area contributed by atoms with Crippen molar-refractivity contribution in [3.05, 3.63) is 24.5 Å². The molecule has 8 heteroatoms. The third-order valence-corrected chi connectivity index (χ3v) is 5.38. The van der Waals surface area contributed by atoms with Gasteiger partial charge in [0.2, 0.25) is 0 Å². The van der Waals surface area contributed by atoms with Gasteiger partial charge in [0.25, 0.3) is 0 Å². The zero-order valence-electron chi connectivity index (χ0n) is 13.9. The Morgan fingerprint density at radius 1 is 1.29 bits per heavy atom. The largest absolute Gasteiger partial charge is 0.379 e. The van der Waals surface area contributed by atoms with Gasteiger partial charge in [-0.2, -0.15) is 0 Å². The van der Waals surface area contributed by atoms with Crippen molar-refractivity contribution in [2.24, 2.45) is 0 Å². The van der Waals surface area contributed by atoms with Gasteiger partial charge >= 0.3 is 0 Å². The van der Waals surface area contributed by atoms with E-state index in [1.807, 2.05) is 0 Å². The fraction of sp³-hybridized carbons (Fsp3) is 0.500. The van der Waals surface area contributed by atoms with Gasteiger partial charge in [-0.05, 0) is 25.1 Å². The van der Waals surface area contributed by atoms with Crippen molar-refractivity contribution in [3.63, 3.8) is 0 Å². The monoisotopic (exact) mass is 350 g/mol. The Hall–Kier alpha value is -1.77. The van der Waals surface area contributed by atoms with Gasteiger partial charge in [-0.25, -0.2) is 18.4 Å². The normalized spacial score (nSPS) is 17.8. The van der Waals surface area contributed by atoms with Gasteiger partial charge in [0.1, 0.15) is 12.1 Å². The average Bonchev–Trinajstić information content (AvgIpc) is 2.59. The van der Waals surface area contributed by atoms with Crippen LogP contribution < -0.4 is 5.32 Å². The summed E-state index contributed by atoms with van der Waals surface area (Å²) in [5.74, 6) is 0.658. The average molecular weight is 350 g/mol. The Morgan fingerprint density at radius 2 is 2.04 bits per heavy atom. The van der Waals surface area contributed by atoms with Crippen molar-refractivity contribution in [1.82, 2.24) is 14.9 Å². The number of nitrogens with zero attached hydrogens (tertiary/aromatic N) is 3. The number of fused-ring (bicyclic) bond motifs is 1. The summed E-state index contributed by atoms with van der Waals surface area (Å²) in [7, 11) is -3.26. The number of nitrogens with one attached hydrogen (secondary N) is 1. The summed E-state index contributed by atoms with van der Waals surface area (Å²) in [4.78, 5) is 11.1. The predicted molar refractivity (Wildman–Crippen MR) is 93.0 cm³/mol. The third-order valence-electron chi connectivity index (χ3n) is 4.27. The molecule has 0 aliphatic carbocycles. The number of ether oxygens (including phenoxy) is 1. The first kappa shape index (κ1) is 17.1. The number of hydrogen-bond donors (Lipinski definition) is 1. The summed E-state index contributed by atoms with van der Waals surface area (Å²) >= 11 is 0. The Morgan fingerprint density at radius 3 is 2.75 bits per heavy atom. The molecule has 1 atom stereocenters. The molecule has 1 aromatic carbocycles. The molecule has 130 valence electrons. The molecule has 3 rings (SSSR count). The molecule has 0 spiro atoms. The fourth-order valence-electron chi connectivity index (χ4n) is 2.80. The van der Waals surface area contributed by atoms with Crippen LogP contribution in [-0.4, -0.2) is 68.4 Å². The van der Waals surface area contributed by atoms with Crippen LogP contribution in [0.1, 0.15) is 6.92 Å². The lowest BCUT2D eigenvalue weighted by Gasteiger charge is -2.32. The lowest BCUT2D eigenvalue weighted by Crippen LogP contribution is -2.45. The highest BCUT2D eigenvalue weighted by Crippen LogP contribution is 2.23. The molecule has 1 saturated heterocycles. The topological polar surface area (TPSA) is 84.4 Å². The number of hydrogen-bond acceptors (Lipinski definition) is 7. The minimum Gasteiger partial charge on any atom is -0.379 e. The minimum atomic E-state index is -3.26. The molecular formula is C16H22N4O3S.